The number of nitrogens with zero attached hydrogens (tertiary/aromatic N) is 2. The van der Waals surface area contributed by atoms with Crippen LogP contribution in [0.3, 0.4) is 0 Å². The monoisotopic (exact) mass is 617 g/mol. The summed E-state index contributed by atoms with van der Waals surface area (Å²) in [4.78, 5) is 28.0. The van der Waals surface area contributed by atoms with Crippen LogP contribution in [-0.2, 0) is 26.2 Å². The number of benzene rings is 2. The molecule has 1 N–H and O–H groups in total. The molecule has 0 aliphatic heterocycles. The van der Waals surface area contributed by atoms with Crippen molar-refractivity contribution in [1.82, 2.24) is 10.2 Å². The highest BCUT2D eigenvalue weighted by atomic mass is 127. The van der Waals surface area contributed by atoms with Gasteiger partial charge >= 0.3 is 0 Å². The predicted molar refractivity (Wildman–Crippen MR) is 143 cm³/mol. The molecule has 7 nitrogen and oxygen atoms in total. The highest BCUT2D eigenvalue weighted by Crippen LogP contribution is 2.23. The molecule has 0 heterocycles. The second kappa shape index (κ2) is 11.7. The third-order valence-corrected chi connectivity index (χ3v) is 8.19. The van der Waals surface area contributed by atoms with Crippen molar-refractivity contribution in [3.05, 3.63) is 62.7 Å². The van der Waals surface area contributed by atoms with Gasteiger partial charge in [0.1, 0.15) is 12.6 Å². The Morgan fingerprint density at radius 3 is 2.32 bits per heavy atom. The lowest BCUT2D eigenvalue weighted by molar-refractivity contribution is -0.139. The van der Waals surface area contributed by atoms with Crippen molar-refractivity contribution in [2.24, 2.45) is 0 Å². The number of rotatable bonds is 9. The average Bonchev–Trinajstić information content (AvgIpc) is 3.29. The Bertz CT molecular complexity index is 1120. The maximum Gasteiger partial charge on any atom is 0.244 e. The minimum absolute atomic E-state index is 0.0854. The summed E-state index contributed by atoms with van der Waals surface area (Å²) in [6, 6.07) is 13.3. The van der Waals surface area contributed by atoms with E-state index in [0.29, 0.717) is 16.3 Å². The number of hydrogen-bond donors (Lipinski definition) is 1. The number of hydrogen-bond acceptors (Lipinski definition) is 4. The van der Waals surface area contributed by atoms with Gasteiger partial charge in [-0.25, -0.2) is 8.42 Å². The van der Waals surface area contributed by atoms with Gasteiger partial charge in [0, 0.05) is 21.2 Å². The van der Waals surface area contributed by atoms with Crippen molar-refractivity contribution in [3.8, 4) is 0 Å². The van der Waals surface area contributed by atoms with Gasteiger partial charge in [-0.3, -0.25) is 13.9 Å². The second-order valence-corrected chi connectivity index (χ2v) is 12.1. The molecule has 2 aromatic rings. The van der Waals surface area contributed by atoms with E-state index in [4.69, 9.17) is 11.6 Å². The van der Waals surface area contributed by atoms with E-state index in [9.17, 15) is 18.0 Å². The summed E-state index contributed by atoms with van der Waals surface area (Å²) in [6.07, 6.45) is 5.05. The van der Waals surface area contributed by atoms with E-state index in [1.54, 1.807) is 49.4 Å². The van der Waals surface area contributed by atoms with Gasteiger partial charge in [-0.05, 0) is 78.3 Å². The first-order chi connectivity index (χ1) is 16.1. The maximum absolute atomic E-state index is 13.5. The van der Waals surface area contributed by atoms with Gasteiger partial charge in [0.15, 0.2) is 0 Å². The first kappa shape index (κ1) is 26.7. The zero-order valence-electron chi connectivity index (χ0n) is 19.2. The number of halogens is 2. The van der Waals surface area contributed by atoms with Crippen LogP contribution >= 0.6 is 34.2 Å². The molecule has 2 amide bonds. The molecule has 2 aromatic carbocycles. The van der Waals surface area contributed by atoms with Crippen molar-refractivity contribution in [1.29, 1.82) is 0 Å². The van der Waals surface area contributed by atoms with Gasteiger partial charge < -0.3 is 10.2 Å². The van der Waals surface area contributed by atoms with Crippen molar-refractivity contribution < 1.29 is 18.0 Å². The standard InChI is InChI=1S/C24H29ClIN3O4S/c1-17(24(31)27-20-8-4-5-9-20)28(15-18-7-3-6-10-22(18)25)23(30)16-29(34(2,32)33)21-13-11-19(26)12-14-21/h3,6-7,10-14,17,20H,4-5,8-9,15-16H2,1-2H3,(H,27,31)/t17-/m1/s1. The Balaban J connectivity index is 1.88. The zero-order chi connectivity index (χ0) is 24.9. The Morgan fingerprint density at radius 1 is 1.12 bits per heavy atom. The largest absolute Gasteiger partial charge is 0.352 e. The van der Waals surface area contributed by atoms with Crippen LogP contribution in [0.15, 0.2) is 48.5 Å². The van der Waals surface area contributed by atoms with Gasteiger partial charge in [0.25, 0.3) is 0 Å². The Hall–Kier alpha value is -1.85. The van der Waals surface area contributed by atoms with Crippen LogP contribution in [0.5, 0.6) is 0 Å². The van der Waals surface area contributed by atoms with Crippen LogP contribution in [0.25, 0.3) is 0 Å². The van der Waals surface area contributed by atoms with Crippen LogP contribution in [0.2, 0.25) is 5.02 Å². The van der Waals surface area contributed by atoms with E-state index < -0.39 is 28.5 Å². The molecule has 34 heavy (non-hydrogen) atoms. The molecule has 0 radical (unpaired) electrons. The van der Waals surface area contributed by atoms with Crippen LogP contribution in [0.1, 0.15) is 38.2 Å². The number of carbonyl (C=O) groups excluding carboxylic acids is 2. The van der Waals surface area contributed by atoms with E-state index in [1.165, 1.54) is 4.90 Å². The van der Waals surface area contributed by atoms with Crippen LogP contribution in [0.4, 0.5) is 5.69 Å². The summed E-state index contributed by atoms with van der Waals surface area (Å²) in [5, 5.41) is 3.51. The summed E-state index contributed by atoms with van der Waals surface area (Å²) in [6.45, 7) is 1.32. The molecule has 1 atom stereocenters. The number of anilines is 1. The smallest absolute Gasteiger partial charge is 0.244 e. The van der Waals surface area contributed by atoms with Crippen molar-refractivity contribution in [3.63, 3.8) is 0 Å². The first-order valence-corrected chi connectivity index (χ1v) is 14.4. The zero-order valence-corrected chi connectivity index (χ0v) is 22.9. The number of amides is 2. The van der Waals surface area contributed by atoms with Gasteiger partial charge in [-0.15, -0.1) is 0 Å². The van der Waals surface area contributed by atoms with Crippen molar-refractivity contribution in [2.75, 3.05) is 17.1 Å². The molecule has 1 fully saturated rings. The first-order valence-electron chi connectivity index (χ1n) is 11.1. The molecule has 0 saturated heterocycles. The van der Waals surface area contributed by atoms with Crippen molar-refractivity contribution in [2.45, 2.75) is 51.2 Å². The normalized spacial score (nSPS) is 15.1. The summed E-state index contributed by atoms with van der Waals surface area (Å²) < 4.78 is 27.2. The Morgan fingerprint density at radius 2 is 1.74 bits per heavy atom. The lowest BCUT2D eigenvalue weighted by Crippen LogP contribution is -2.52. The molecule has 184 valence electrons. The Labute approximate surface area is 220 Å². The molecule has 1 aliphatic rings. The lowest BCUT2D eigenvalue weighted by Gasteiger charge is -2.32. The van der Waals surface area contributed by atoms with Crippen LogP contribution < -0.4 is 9.62 Å². The molecule has 0 aromatic heterocycles. The molecule has 10 heteroatoms. The highest BCUT2D eigenvalue weighted by Gasteiger charge is 2.31. The number of nitrogens with one attached hydrogen (secondary N) is 1. The van der Waals surface area contributed by atoms with Crippen LogP contribution in [0, 0.1) is 3.57 Å². The number of sulfonamides is 1. The molecule has 0 unspecified atom stereocenters. The van der Waals surface area contributed by atoms with Gasteiger partial charge in [-0.1, -0.05) is 42.6 Å². The van der Waals surface area contributed by atoms with Gasteiger partial charge in [0.05, 0.1) is 11.9 Å². The third-order valence-electron chi connectivity index (χ3n) is 5.96. The maximum atomic E-state index is 13.5. The minimum Gasteiger partial charge on any atom is -0.352 e. The fourth-order valence-corrected chi connectivity index (χ4v) is 5.41. The number of carbonyl (C=O) groups is 2. The topological polar surface area (TPSA) is 86.8 Å². The molecular weight excluding hydrogens is 589 g/mol. The molecule has 0 bridgehead atoms. The molecule has 1 saturated carbocycles. The van der Waals surface area contributed by atoms with Crippen LogP contribution in [-0.4, -0.2) is 50.0 Å². The van der Waals surface area contributed by atoms with E-state index >= 15 is 0 Å². The molecule has 1 aliphatic carbocycles. The SMILES string of the molecule is C[C@H](C(=O)NC1CCCC1)N(Cc1ccccc1Cl)C(=O)CN(c1ccc(I)cc1)S(C)(=O)=O. The van der Waals surface area contributed by atoms with Gasteiger partial charge in [0.2, 0.25) is 21.8 Å². The fourth-order valence-electron chi connectivity index (χ4n) is 4.01. The van der Waals surface area contributed by atoms with E-state index in [-0.39, 0.29) is 18.5 Å². The highest BCUT2D eigenvalue weighted by molar-refractivity contribution is 14.1. The lowest BCUT2D eigenvalue weighted by atomic mass is 10.1. The average molecular weight is 618 g/mol. The molecule has 3 rings (SSSR count). The molecular formula is C24H29ClIN3O4S. The van der Waals surface area contributed by atoms with E-state index in [2.05, 4.69) is 27.9 Å². The fraction of sp³-hybridized carbons (Fsp3) is 0.417. The predicted octanol–water partition coefficient (Wildman–Crippen LogP) is 4.19. The summed E-state index contributed by atoms with van der Waals surface area (Å²) in [5.74, 6) is -0.745. The van der Waals surface area contributed by atoms with E-state index in [1.807, 2.05) is 6.07 Å². The summed E-state index contributed by atoms with van der Waals surface area (Å²) >= 11 is 8.47. The molecule has 0 spiro atoms. The Kier molecular flexibility index (Phi) is 9.22. The van der Waals surface area contributed by atoms with Gasteiger partial charge in [-0.2, -0.15) is 0 Å². The van der Waals surface area contributed by atoms with E-state index in [0.717, 1.165) is 39.8 Å². The third kappa shape index (κ3) is 7.08. The quantitative estimate of drug-likeness (QED) is 0.428. The van der Waals surface area contributed by atoms with Crippen molar-refractivity contribution >= 4 is 61.7 Å². The summed E-state index contributed by atoms with van der Waals surface area (Å²) in [5.41, 5.74) is 1.07. The summed E-state index contributed by atoms with van der Waals surface area (Å²) in [7, 11) is -3.75. The minimum atomic E-state index is -3.75. The second-order valence-electron chi connectivity index (χ2n) is 8.53.